The number of carbonyl (C=O) groups excluding carboxylic acids is 1. The molecule has 4 nitrogen and oxygen atoms in total. The van der Waals surface area contributed by atoms with Gasteiger partial charge in [0.25, 0.3) is 5.91 Å². The molecule has 1 fully saturated rings. The maximum absolute atomic E-state index is 13.1. The zero-order valence-corrected chi connectivity index (χ0v) is 15.8. The van der Waals surface area contributed by atoms with E-state index in [2.05, 4.69) is 13.8 Å². The quantitative estimate of drug-likeness (QED) is 0.805. The van der Waals surface area contributed by atoms with Crippen molar-refractivity contribution in [2.75, 3.05) is 13.1 Å². The number of nitrogens with zero attached hydrogens (tertiary/aromatic N) is 1. The first-order chi connectivity index (χ1) is 12.5. The lowest BCUT2D eigenvalue weighted by Gasteiger charge is -2.19. The van der Waals surface area contributed by atoms with Crippen molar-refractivity contribution in [2.24, 2.45) is 5.92 Å². The first-order valence-electron chi connectivity index (χ1n) is 8.80. The topological polar surface area (TPSA) is 57.6 Å². The molecule has 5 heteroatoms. The molecular formula is C21H23NO3S. The second-order valence-electron chi connectivity index (χ2n) is 6.83. The van der Waals surface area contributed by atoms with E-state index in [4.69, 9.17) is 0 Å². The average Bonchev–Trinajstić information content (AvgIpc) is 3.07. The van der Waals surface area contributed by atoms with Crippen LogP contribution in [0.15, 0.2) is 59.5 Å². The maximum Gasteiger partial charge on any atom is 0.308 e. The van der Waals surface area contributed by atoms with Gasteiger partial charge in [-0.25, -0.2) is 0 Å². The highest BCUT2D eigenvalue weighted by Gasteiger charge is 2.40. The van der Waals surface area contributed by atoms with Gasteiger partial charge in [-0.2, -0.15) is 0 Å². The average molecular weight is 369 g/mol. The molecule has 0 aromatic heterocycles. The van der Waals surface area contributed by atoms with Crippen LogP contribution in [0.4, 0.5) is 0 Å². The first-order valence-corrected chi connectivity index (χ1v) is 9.68. The molecule has 2 unspecified atom stereocenters. The highest BCUT2D eigenvalue weighted by molar-refractivity contribution is 8.00. The van der Waals surface area contributed by atoms with E-state index >= 15 is 0 Å². The third-order valence-corrected chi connectivity index (χ3v) is 5.71. The van der Waals surface area contributed by atoms with Crippen molar-refractivity contribution in [3.63, 3.8) is 0 Å². The molecule has 0 spiro atoms. The van der Waals surface area contributed by atoms with Gasteiger partial charge in [0.2, 0.25) is 0 Å². The number of carbonyl (C=O) groups is 2. The predicted molar refractivity (Wildman–Crippen MR) is 104 cm³/mol. The summed E-state index contributed by atoms with van der Waals surface area (Å²) in [6, 6.07) is 17.2. The number of likely N-dealkylation sites (tertiary alicyclic amines) is 1. The van der Waals surface area contributed by atoms with Gasteiger partial charge < -0.3 is 10.0 Å². The SMILES string of the molecule is CC(C)Sc1ccccc1C(=O)N1CC(C(=O)O)C(c2ccccc2)C1. The molecule has 2 aromatic rings. The Hall–Kier alpha value is -2.27. The number of hydrogen-bond donors (Lipinski definition) is 1. The van der Waals surface area contributed by atoms with Crippen molar-refractivity contribution in [1.29, 1.82) is 0 Å². The molecule has 0 saturated carbocycles. The van der Waals surface area contributed by atoms with Crippen LogP contribution in [0.1, 0.15) is 35.7 Å². The van der Waals surface area contributed by atoms with E-state index in [1.54, 1.807) is 16.7 Å². The van der Waals surface area contributed by atoms with Gasteiger partial charge in [0.05, 0.1) is 11.5 Å². The van der Waals surface area contributed by atoms with Crippen molar-refractivity contribution >= 4 is 23.6 Å². The number of aliphatic carboxylic acids is 1. The fourth-order valence-corrected chi connectivity index (χ4v) is 4.38. The minimum Gasteiger partial charge on any atom is -0.481 e. The summed E-state index contributed by atoms with van der Waals surface area (Å²) in [5.41, 5.74) is 1.63. The van der Waals surface area contributed by atoms with Gasteiger partial charge in [-0.05, 0) is 17.7 Å². The minimum absolute atomic E-state index is 0.0848. The van der Waals surface area contributed by atoms with Crippen molar-refractivity contribution in [1.82, 2.24) is 4.90 Å². The normalized spacial score (nSPS) is 19.7. The molecule has 0 radical (unpaired) electrons. The fraction of sp³-hybridized carbons (Fsp3) is 0.333. The molecule has 136 valence electrons. The van der Waals surface area contributed by atoms with Crippen LogP contribution in [0.25, 0.3) is 0 Å². The van der Waals surface area contributed by atoms with Crippen LogP contribution in [0.3, 0.4) is 0 Å². The Bertz CT molecular complexity index is 791. The van der Waals surface area contributed by atoms with E-state index in [1.807, 2.05) is 54.6 Å². The zero-order valence-electron chi connectivity index (χ0n) is 15.0. The molecular weight excluding hydrogens is 346 g/mol. The largest absolute Gasteiger partial charge is 0.481 e. The number of carboxylic acid groups (broad SMARTS) is 1. The van der Waals surface area contributed by atoms with Crippen molar-refractivity contribution in [3.8, 4) is 0 Å². The molecule has 0 bridgehead atoms. The van der Waals surface area contributed by atoms with E-state index in [1.165, 1.54) is 0 Å². The summed E-state index contributed by atoms with van der Waals surface area (Å²) in [7, 11) is 0. The maximum atomic E-state index is 13.1. The van der Waals surface area contributed by atoms with E-state index in [9.17, 15) is 14.7 Å². The lowest BCUT2D eigenvalue weighted by atomic mass is 9.89. The molecule has 1 amide bonds. The van der Waals surface area contributed by atoms with E-state index in [0.29, 0.717) is 17.4 Å². The fourth-order valence-electron chi connectivity index (χ4n) is 3.43. The third-order valence-electron chi connectivity index (χ3n) is 4.63. The van der Waals surface area contributed by atoms with Crippen LogP contribution in [0.5, 0.6) is 0 Å². The summed E-state index contributed by atoms with van der Waals surface area (Å²) in [5, 5.41) is 10.0. The van der Waals surface area contributed by atoms with Crippen molar-refractivity contribution < 1.29 is 14.7 Å². The third kappa shape index (κ3) is 3.93. The second-order valence-corrected chi connectivity index (χ2v) is 8.45. The molecule has 1 heterocycles. The summed E-state index contributed by atoms with van der Waals surface area (Å²) >= 11 is 1.65. The van der Waals surface area contributed by atoms with Crippen LogP contribution >= 0.6 is 11.8 Å². The molecule has 26 heavy (non-hydrogen) atoms. The molecule has 1 N–H and O–H groups in total. The van der Waals surface area contributed by atoms with E-state index in [0.717, 1.165) is 10.5 Å². The molecule has 2 atom stereocenters. The Morgan fingerprint density at radius 3 is 2.35 bits per heavy atom. The second kappa shape index (κ2) is 7.96. The monoisotopic (exact) mass is 369 g/mol. The number of amides is 1. The van der Waals surface area contributed by atoms with Crippen LogP contribution < -0.4 is 0 Å². The molecule has 2 aromatic carbocycles. The van der Waals surface area contributed by atoms with Crippen LogP contribution in [0, 0.1) is 5.92 Å². The number of hydrogen-bond acceptors (Lipinski definition) is 3. The van der Waals surface area contributed by atoms with Crippen molar-refractivity contribution in [2.45, 2.75) is 29.9 Å². The standard InChI is InChI=1S/C21H23NO3S/c1-14(2)26-19-11-7-6-10-16(19)20(23)22-12-17(18(13-22)21(24)25)15-8-4-3-5-9-15/h3-11,14,17-18H,12-13H2,1-2H3,(H,24,25). The Kier molecular flexibility index (Phi) is 5.67. The molecule has 1 aliphatic heterocycles. The lowest BCUT2D eigenvalue weighted by Crippen LogP contribution is -2.30. The molecule has 1 saturated heterocycles. The summed E-state index contributed by atoms with van der Waals surface area (Å²) in [6.07, 6.45) is 0. The summed E-state index contributed by atoms with van der Waals surface area (Å²) in [4.78, 5) is 27.5. The number of benzene rings is 2. The molecule has 3 rings (SSSR count). The van der Waals surface area contributed by atoms with Gasteiger partial charge in [-0.3, -0.25) is 9.59 Å². The lowest BCUT2D eigenvalue weighted by molar-refractivity contribution is -0.141. The van der Waals surface area contributed by atoms with Gasteiger partial charge in [-0.1, -0.05) is 56.3 Å². The smallest absolute Gasteiger partial charge is 0.308 e. The molecule has 0 aliphatic carbocycles. The summed E-state index contributed by atoms with van der Waals surface area (Å²) in [6.45, 7) is 4.86. The van der Waals surface area contributed by atoms with Crippen LogP contribution in [0.2, 0.25) is 0 Å². The Balaban J connectivity index is 1.86. The molecule has 1 aliphatic rings. The minimum atomic E-state index is -0.848. The van der Waals surface area contributed by atoms with Crippen LogP contribution in [-0.4, -0.2) is 40.2 Å². The van der Waals surface area contributed by atoms with E-state index < -0.39 is 11.9 Å². The van der Waals surface area contributed by atoms with Gasteiger partial charge in [0, 0.05) is 29.2 Å². The Morgan fingerprint density at radius 1 is 1.04 bits per heavy atom. The van der Waals surface area contributed by atoms with Gasteiger partial charge in [0.1, 0.15) is 0 Å². The van der Waals surface area contributed by atoms with Gasteiger partial charge in [-0.15, -0.1) is 11.8 Å². The highest BCUT2D eigenvalue weighted by Crippen LogP contribution is 2.35. The number of carboxylic acids is 1. The summed E-state index contributed by atoms with van der Waals surface area (Å²) in [5.74, 6) is -1.69. The number of rotatable bonds is 5. The van der Waals surface area contributed by atoms with E-state index in [-0.39, 0.29) is 18.4 Å². The predicted octanol–water partition coefficient (Wildman–Crippen LogP) is 4.13. The Labute approximate surface area is 158 Å². The van der Waals surface area contributed by atoms with Crippen molar-refractivity contribution in [3.05, 3.63) is 65.7 Å². The highest BCUT2D eigenvalue weighted by atomic mass is 32.2. The van der Waals surface area contributed by atoms with Gasteiger partial charge in [0.15, 0.2) is 0 Å². The Morgan fingerprint density at radius 2 is 1.69 bits per heavy atom. The summed E-state index contributed by atoms with van der Waals surface area (Å²) < 4.78 is 0. The first kappa shape index (κ1) is 18.5. The zero-order chi connectivity index (χ0) is 18.7. The van der Waals surface area contributed by atoms with Gasteiger partial charge >= 0.3 is 5.97 Å². The van der Waals surface area contributed by atoms with Crippen LogP contribution in [-0.2, 0) is 4.79 Å². The number of thioether (sulfide) groups is 1.